The van der Waals surface area contributed by atoms with Crippen molar-refractivity contribution in [2.75, 3.05) is 11.9 Å². The van der Waals surface area contributed by atoms with Crippen LogP contribution < -0.4 is 11.1 Å². The highest BCUT2D eigenvalue weighted by Crippen LogP contribution is 2.24. The molecule has 0 amide bonds. The molecule has 0 bridgehead atoms. The molecule has 3 N–H and O–H groups in total. The Balaban J connectivity index is 2.07. The van der Waals surface area contributed by atoms with Crippen LogP contribution >= 0.6 is 23.8 Å². The van der Waals surface area contributed by atoms with E-state index in [0.717, 1.165) is 23.2 Å². The summed E-state index contributed by atoms with van der Waals surface area (Å²) in [4.78, 5) is 0.265. The van der Waals surface area contributed by atoms with Crippen molar-refractivity contribution in [2.24, 2.45) is 5.73 Å². The third kappa shape index (κ3) is 3.93. The molecule has 0 aliphatic heterocycles. The number of nitrogens with two attached hydrogens (primary N) is 1. The average Bonchev–Trinajstić information content (AvgIpc) is 2.41. The summed E-state index contributed by atoms with van der Waals surface area (Å²) in [6.07, 6.45) is 0.773. The second-order valence-electron chi connectivity index (χ2n) is 4.77. The van der Waals surface area contributed by atoms with Crippen LogP contribution in [0.15, 0.2) is 36.4 Å². The fraction of sp³-hybridized carbons (Fsp3) is 0.188. The Bertz CT molecular complexity index is 673. The number of benzene rings is 2. The first-order valence-electron chi connectivity index (χ1n) is 6.56. The van der Waals surface area contributed by atoms with E-state index in [-0.39, 0.29) is 10.8 Å². The Morgan fingerprint density at radius 2 is 2.10 bits per heavy atom. The second-order valence-corrected chi connectivity index (χ2v) is 5.62. The molecule has 2 rings (SSSR count). The lowest BCUT2D eigenvalue weighted by Gasteiger charge is -2.13. The molecular weight excluding hydrogens is 307 g/mol. The lowest BCUT2D eigenvalue weighted by molar-refractivity contribution is 0.625. The Morgan fingerprint density at radius 1 is 1.33 bits per heavy atom. The normalized spacial score (nSPS) is 10.4. The van der Waals surface area contributed by atoms with Gasteiger partial charge in [0.25, 0.3) is 0 Å². The van der Waals surface area contributed by atoms with Gasteiger partial charge in [-0.15, -0.1) is 0 Å². The highest BCUT2D eigenvalue weighted by molar-refractivity contribution is 7.80. The van der Waals surface area contributed by atoms with Gasteiger partial charge in [0, 0.05) is 12.2 Å². The smallest absolute Gasteiger partial charge is 0.123 e. The molecule has 0 spiro atoms. The van der Waals surface area contributed by atoms with Gasteiger partial charge in [0.05, 0.1) is 10.6 Å². The maximum Gasteiger partial charge on any atom is 0.123 e. The van der Waals surface area contributed by atoms with Gasteiger partial charge in [-0.1, -0.05) is 36.0 Å². The largest absolute Gasteiger partial charge is 0.389 e. The zero-order chi connectivity index (χ0) is 15.4. The van der Waals surface area contributed by atoms with E-state index < -0.39 is 0 Å². The third-order valence-corrected chi connectivity index (χ3v) is 3.79. The van der Waals surface area contributed by atoms with Gasteiger partial charge in [-0.3, -0.25) is 0 Å². The molecule has 2 nitrogen and oxygen atoms in total. The summed E-state index contributed by atoms with van der Waals surface area (Å²) in [7, 11) is 0. The first-order chi connectivity index (χ1) is 9.99. The van der Waals surface area contributed by atoms with Crippen LogP contribution in [0.2, 0.25) is 5.02 Å². The van der Waals surface area contributed by atoms with Crippen LogP contribution in [0.3, 0.4) is 0 Å². The molecule has 0 radical (unpaired) electrons. The summed E-state index contributed by atoms with van der Waals surface area (Å²) in [5.41, 5.74) is 9.22. The predicted octanol–water partition coefficient (Wildman–Crippen LogP) is 4.08. The van der Waals surface area contributed by atoms with Crippen LogP contribution in [0.25, 0.3) is 0 Å². The maximum absolute atomic E-state index is 13.1. The van der Waals surface area contributed by atoms with Crippen molar-refractivity contribution in [1.29, 1.82) is 0 Å². The minimum Gasteiger partial charge on any atom is -0.389 e. The van der Waals surface area contributed by atoms with E-state index in [0.29, 0.717) is 17.1 Å². The van der Waals surface area contributed by atoms with Gasteiger partial charge in [0.15, 0.2) is 0 Å². The van der Waals surface area contributed by atoms with Gasteiger partial charge < -0.3 is 11.1 Å². The van der Waals surface area contributed by atoms with Crippen LogP contribution in [0.5, 0.6) is 0 Å². The lowest BCUT2D eigenvalue weighted by atomic mass is 10.1. The van der Waals surface area contributed by atoms with Gasteiger partial charge in [0.1, 0.15) is 10.8 Å². The molecule has 0 fully saturated rings. The van der Waals surface area contributed by atoms with Crippen LogP contribution in [0, 0.1) is 12.7 Å². The minimum atomic E-state index is -0.213. The van der Waals surface area contributed by atoms with Crippen molar-refractivity contribution < 1.29 is 4.39 Å². The number of rotatable bonds is 5. The number of halogens is 2. The molecule has 0 heterocycles. The van der Waals surface area contributed by atoms with Crippen LogP contribution in [0.1, 0.15) is 16.7 Å². The van der Waals surface area contributed by atoms with Gasteiger partial charge >= 0.3 is 0 Å². The van der Waals surface area contributed by atoms with E-state index in [2.05, 4.69) is 5.32 Å². The molecule has 21 heavy (non-hydrogen) atoms. The van der Waals surface area contributed by atoms with Crippen molar-refractivity contribution in [1.82, 2.24) is 0 Å². The molecule has 0 unspecified atom stereocenters. The van der Waals surface area contributed by atoms with Gasteiger partial charge in [-0.25, -0.2) is 4.39 Å². The van der Waals surface area contributed by atoms with Gasteiger partial charge in [-0.05, 0) is 48.7 Å². The fourth-order valence-corrected chi connectivity index (χ4v) is 2.75. The number of aryl methyl sites for hydroxylation is 1. The van der Waals surface area contributed by atoms with Crippen molar-refractivity contribution in [2.45, 2.75) is 13.3 Å². The van der Waals surface area contributed by atoms with Crippen molar-refractivity contribution in [3.05, 3.63) is 63.9 Å². The molecule has 0 aromatic heterocycles. The van der Waals surface area contributed by atoms with Crippen molar-refractivity contribution in [3.8, 4) is 0 Å². The van der Waals surface area contributed by atoms with E-state index in [4.69, 9.17) is 29.6 Å². The first kappa shape index (κ1) is 15.7. The summed E-state index contributed by atoms with van der Waals surface area (Å²) in [6, 6.07) is 10.3. The monoisotopic (exact) mass is 322 g/mol. The van der Waals surface area contributed by atoms with Crippen molar-refractivity contribution in [3.63, 3.8) is 0 Å². The predicted molar refractivity (Wildman–Crippen MR) is 90.7 cm³/mol. The van der Waals surface area contributed by atoms with E-state index in [1.807, 2.05) is 19.1 Å². The molecule has 0 aliphatic rings. The Kier molecular flexibility index (Phi) is 5.15. The van der Waals surface area contributed by atoms with Crippen molar-refractivity contribution >= 4 is 34.5 Å². The summed E-state index contributed by atoms with van der Waals surface area (Å²) in [5.74, 6) is -0.213. The standard InChI is InChI=1S/C16H16ClFN2S/c1-10-9-12(18)6-5-11(10)7-8-20-14-4-2-3-13(17)15(14)16(19)21/h2-6,9,20H,7-8H2,1H3,(H2,19,21). The molecular formula is C16H16ClFN2S. The van der Waals surface area contributed by atoms with E-state index in [9.17, 15) is 4.39 Å². The average molecular weight is 323 g/mol. The number of anilines is 1. The van der Waals surface area contributed by atoms with E-state index in [1.54, 1.807) is 12.1 Å². The number of hydrogen-bond donors (Lipinski definition) is 2. The van der Waals surface area contributed by atoms with E-state index >= 15 is 0 Å². The summed E-state index contributed by atoms with van der Waals surface area (Å²) < 4.78 is 13.1. The highest BCUT2D eigenvalue weighted by Gasteiger charge is 2.09. The minimum absolute atomic E-state index is 0.213. The molecule has 5 heteroatoms. The Hall–Kier alpha value is -1.65. The lowest BCUT2D eigenvalue weighted by Crippen LogP contribution is -2.15. The molecule has 0 atom stereocenters. The number of nitrogens with one attached hydrogen (secondary N) is 1. The molecule has 0 saturated carbocycles. The molecule has 2 aromatic rings. The molecule has 0 saturated heterocycles. The molecule has 0 aliphatic carbocycles. The molecule has 2 aromatic carbocycles. The first-order valence-corrected chi connectivity index (χ1v) is 7.35. The summed E-state index contributed by atoms with van der Waals surface area (Å²) in [6.45, 7) is 2.58. The van der Waals surface area contributed by atoms with Crippen LogP contribution in [-0.2, 0) is 6.42 Å². The molecule has 110 valence electrons. The van der Waals surface area contributed by atoms with Gasteiger partial charge in [0.2, 0.25) is 0 Å². The third-order valence-electron chi connectivity index (χ3n) is 3.27. The second kappa shape index (κ2) is 6.87. The summed E-state index contributed by atoms with van der Waals surface area (Å²) in [5, 5.41) is 3.81. The SMILES string of the molecule is Cc1cc(F)ccc1CCNc1cccc(Cl)c1C(N)=S. The zero-order valence-electron chi connectivity index (χ0n) is 11.6. The number of hydrogen-bond acceptors (Lipinski definition) is 2. The zero-order valence-corrected chi connectivity index (χ0v) is 13.2. The quantitative estimate of drug-likeness (QED) is 0.815. The maximum atomic E-state index is 13.1. The van der Waals surface area contributed by atoms with E-state index in [1.165, 1.54) is 12.1 Å². The van der Waals surface area contributed by atoms with Crippen LogP contribution in [0.4, 0.5) is 10.1 Å². The fourth-order valence-electron chi connectivity index (χ4n) is 2.19. The Labute approximate surface area is 134 Å². The Morgan fingerprint density at radius 3 is 2.76 bits per heavy atom. The van der Waals surface area contributed by atoms with Crippen LogP contribution in [-0.4, -0.2) is 11.5 Å². The highest BCUT2D eigenvalue weighted by atomic mass is 35.5. The number of thiocarbonyl (C=S) groups is 1. The topological polar surface area (TPSA) is 38.0 Å². The van der Waals surface area contributed by atoms with Gasteiger partial charge in [-0.2, -0.15) is 0 Å². The summed E-state index contributed by atoms with van der Waals surface area (Å²) >= 11 is 11.1.